The molecule has 2 heteroatoms. The molecule has 0 aliphatic rings. The summed E-state index contributed by atoms with van der Waals surface area (Å²) in [6, 6.07) is 0. The lowest BCUT2D eigenvalue weighted by Crippen LogP contribution is -1.69. The molecule has 0 atom stereocenters. The highest BCUT2D eigenvalue weighted by atomic mass is 16.2. The number of hydrogen-bond donors (Lipinski definition) is 2. The van der Waals surface area contributed by atoms with Crippen LogP contribution >= 0.6 is 0 Å². The van der Waals surface area contributed by atoms with E-state index in [0.717, 1.165) is 6.42 Å². The van der Waals surface area contributed by atoms with Crippen LogP contribution < -0.4 is 5.73 Å². The van der Waals surface area contributed by atoms with E-state index in [9.17, 15) is 0 Å². The third kappa shape index (κ3) is 39.5. The highest BCUT2D eigenvalue weighted by Gasteiger charge is 1.57. The first-order valence-corrected chi connectivity index (χ1v) is 2.10. The fourth-order valence-electron chi connectivity index (χ4n) is 0. The van der Waals surface area contributed by atoms with Crippen molar-refractivity contribution in [3.8, 4) is 0 Å². The van der Waals surface area contributed by atoms with E-state index in [0.29, 0.717) is 6.61 Å². The molecule has 6 heavy (non-hydrogen) atoms. The Hall–Kier alpha value is -0.0800. The number of aliphatic hydroxyl groups excluding tert-OH is 1. The average Bonchev–Trinajstić information content (AvgIpc) is 1.72. The van der Waals surface area contributed by atoms with Gasteiger partial charge in [-0.1, -0.05) is 6.92 Å². The lowest BCUT2D eigenvalue weighted by molar-refractivity contribution is 0.295. The van der Waals surface area contributed by atoms with Crippen LogP contribution in [0.15, 0.2) is 0 Å². The maximum atomic E-state index is 7.88. The van der Waals surface area contributed by atoms with Crippen LogP contribution in [0.25, 0.3) is 0 Å². The Labute approximate surface area is 39.0 Å². The fraction of sp³-hybridized carbons (Fsp3) is 1.00. The Morgan fingerprint density at radius 3 is 1.67 bits per heavy atom. The zero-order valence-electron chi connectivity index (χ0n) is 4.44. The zero-order valence-corrected chi connectivity index (χ0v) is 4.44. The van der Waals surface area contributed by atoms with Gasteiger partial charge in [0.2, 0.25) is 0 Å². The molecule has 0 bridgehead atoms. The van der Waals surface area contributed by atoms with Crippen LogP contribution in [0.3, 0.4) is 0 Å². The topological polar surface area (TPSA) is 46.2 Å². The molecule has 0 spiro atoms. The Bertz CT molecular complexity index is 9.51. The summed E-state index contributed by atoms with van der Waals surface area (Å²) < 4.78 is 0. The largest absolute Gasteiger partial charge is 0.396 e. The molecule has 0 radical (unpaired) electrons. The summed E-state index contributed by atoms with van der Waals surface area (Å²) in [6.07, 6.45) is 0.875. The van der Waals surface area contributed by atoms with Gasteiger partial charge in [-0.2, -0.15) is 0 Å². The first kappa shape index (κ1) is 9.33. The van der Waals surface area contributed by atoms with Gasteiger partial charge in [-0.25, -0.2) is 0 Å². The van der Waals surface area contributed by atoms with Gasteiger partial charge in [0.25, 0.3) is 0 Å². The molecule has 0 saturated heterocycles. The van der Waals surface area contributed by atoms with Crippen molar-refractivity contribution in [2.24, 2.45) is 5.73 Å². The predicted molar refractivity (Wildman–Crippen MR) is 27.5 cm³/mol. The summed E-state index contributed by atoms with van der Waals surface area (Å²) in [7, 11) is 1.50. The molecule has 0 aliphatic heterocycles. The maximum Gasteiger partial charge on any atom is 0.0428 e. The van der Waals surface area contributed by atoms with Crippen LogP contribution in [0.2, 0.25) is 0 Å². The third-order valence-corrected chi connectivity index (χ3v) is 0.224. The standard InChI is InChI=1S/C3H8O.CH5N/c1-2-3-4;1-2/h4H,2-3H2,1H3;2H2,1H3. The van der Waals surface area contributed by atoms with E-state index in [4.69, 9.17) is 5.11 Å². The van der Waals surface area contributed by atoms with Crippen LogP contribution in [0.5, 0.6) is 0 Å². The molecule has 0 heterocycles. The molecule has 0 fully saturated rings. The van der Waals surface area contributed by atoms with Crippen molar-refractivity contribution in [3.63, 3.8) is 0 Å². The normalized spacial score (nSPS) is 6.00. The van der Waals surface area contributed by atoms with E-state index in [1.54, 1.807) is 0 Å². The molecule has 0 aliphatic carbocycles. The van der Waals surface area contributed by atoms with Crippen LogP contribution in [-0.2, 0) is 0 Å². The lowest BCUT2D eigenvalue weighted by Gasteiger charge is -1.69. The molecule has 0 amide bonds. The monoisotopic (exact) mass is 91.1 g/mol. The molecule has 0 rings (SSSR count). The van der Waals surface area contributed by atoms with Crippen molar-refractivity contribution in [3.05, 3.63) is 0 Å². The summed E-state index contributed by atoms with van der Waals surface area (Å²) in [5, 5.41) is 7.88. The Morgan fingerprint density at radius 1 is 1.50 bits per heavy atom. The third-order valence-electron chi connectivity index (χ3n) is 0.224. The molecular formula is C4H13NO. The first-order valence-electron chi connectivity index (χ1n) is 2.10. The van der Waals surface area contributed by atoms with Crippen LogP contribution in [0.1, 0.15) is 13.3 Å². The van der Waals surface area contributed by atoms with Gasteiger partial charge >= 0.3 is 0 Å². The second-order valence-corrected chi connectivity index (χ2v) is 0.724. The quantitative estimate of drug-likeness (QED) is 0.476. The van der Waals surface area contributed by atoms with E-state index in [-0.39, 0.29) is 0 Å². The van der Waals surface area contributed by atoms with Gasteiger partial charge in [-0.05, 0) is 13.5 Å². The van der Waals surface area contributed by atoms with Gasteiger partial charge in [0.05, 0.1) is 0 Å². The van der Waals surface area contributed by atoms with Crippen LogP contribution in [0.4, 0.5) is 0 Å². The van der Waals surface area contributed by atoms with Crippen molar-refractivity contribution in [2.75, 3.05) is 13.7 Å². The SMILES string of the molecule is CCCO.CN. The van der Waals surface area contributed by atoms with Crippen molar-refractivity contribution < 1.29 is 5.11 Å². The number of rotatable bonds is 1. The van der Waals surface area contributed by atoms with Crippen molar-refractivity contribution in [1.82, 2.24) is 0 Å². The minimum atomic E-state index is 0.319. The van der Waals surface area contributed by atoms with Gasteiger partial charge in [0.1, 0.15) is 0 Å². The van der Waals surface area contributed by atoms with Crippen molar-refractivity contribution >= 4 is 0 Å². The summed E-state index contributed by atoms with van der Waals surface area (Å²) in [5.74, 6) is 0. The zero-order chi connectivity index (χ0) is 5.41. The molecule has 2 nitrogen and oxygen atoms in total. The highest BCUT2D eigenvalue weighted by Crippen LogP contribution is 1.61. The fourth-order valence-corrected chi connectivity index (χ4v) is 0. The van der Waals surface area contributed by atoms with E-state index >= 15 is 0 Å². The van der Waals surface area contributed by atoms with E-state index in [2.05, 4.69) is 5.73 Å². The number of nitrogens with two attached hydrogens (primary N) is 1. The maximum absolute atomic E-state index is 7.88. The molecule has 0 aromatic carbocycles. The Kier molecular flexibility index (Phi) is 31.9. The molecule has 0 aromatic heterocycles. The molecule has 40 valence electrons. The predicted octanol–water partition coefficient (Wildman–Crippen LogP) is -0.0364. The molecule has 3 N–H and O–H groups in total. The summed E-state index contributed by atoms with van der Waals surface area (Å²) in [5.41, 5.74) is 4.50. The molecular weight excluding hydrogens is 78.1 g/mol. The van der Waals surface area contributed by atoms with E-state index in [1.807, 2.05) is 6.92 Å². The smallest absolute Gasteiger partial charge is 0.0428 e. The summed E-state index contributed by atoms with van der Waals surface area (Å²) >= 11 is 0. The Morgan fingerprint density at radius 2 is 1.67 bits per heavy atom. The van der Waals surface area contributed by atoms with Gasteiger partial charge in [-0.15, -0.1) is 0 Å². The van der Waals surface area contributed by atoms with Crippen LogP contribution in [-0.4, -0.2) is 18.8 Å². The highest BCUT2D eigenvalue weighted by molar-refractivity contribution is 4.10. The summed E-state index contributed by atoms with van der Waals surface area (Å²) in [4.78, 5) is 0. The first-order chi connectivity index (χ1) is 2.91. The lowest BCUT2D eigenvalue weighted by atomic mass is 10.5. The van der Waals surface area contributed by atoms with Gasteiger partial charge in [-0.3, -0.25) is 0 Å². The number of aliphatic hydroxyl groups is 1. The van der Waals surface area contributed by atoms with E-state index in [1.165, 1.54) is 7.05 Å². The minimum Gasteiger partial charge on any atom is -0.396 e. The van der Waals surface area contributed by atoms with Crippen molar-refractivity contribution in [2.45, 2.75) is 13.3 Å². The molecule has 0 unspecified atom stereocenters. The second kappa shape index (κ2) is 20.5. The second-order valence-electron chi connectivity index (χ2n) is 0.724. The van der Waals surface area contributed by atoms with Gasteiger partial charge in [0.15, 0.2) is 0 Å². The molecule has 0 saturated carbocycles. The van der Waals surface area contributed by atoms with E-state index < -0.39 is 0 Å². The van der Waals surface area contributed by atoms with Crippen LogP contribution in [0, 0.1) is 0 Å². The number of hydrogen-bond acceptors (Lipinski definition) is 2. The minimum absolute atomic E-state index is 0.319. The Balaban J connectivity index is 0. The van der Waals surface area contributed by atoms with Gasteiger partial charge < -0.3 is 10.8 Å². The van der Waals surface area contributed by atoms with Gasteiger partial charge in [0, 0.05) is 6.61 Å². The van der Waals surface area contributed by atoms with Crippen molar-refractivity contribution in [1.29, 1.82) is 0 Å². The average molecular weight is 91.2 g/mol. The molecule has 0 aromatic rings. The summed E-state index contributed by atoms with van der Waals surface area (Å²) in [6.45, 7) is 2.25.